The molecule has 164 valence electrons. The van der Waals surface area contributed by atoms with Gasteiger partial charge in [-0.2, -0.15) is 9.61 Å². The van der Waals surface area contributed by atoms with E-state index in [1.165, 1.54) is 18.4 Å². The minimum absolute atomic E-state index is 0.232. The molecular weight excluding hydrogens is 446 g/mol. The number of nitrogens with zero attached hydrogens (tertiary/aromatic N) is 4. The second-order valence-electron chi connectivity index (χ2n) is 8.04. The summed E-state index contributed by atoms with van der Waals surface area (Å²) >= 11 is 6.68. The molecule has 1 saturated carbocycles. The maximum atomic E-state index is 12.4. The van der Waals surface area contributed by atoms with Gasteiger partial charge in [0, 0.05) is 37.3 Å². The molecule has 0 bridgehead atoms. The monoisotopic (exact) mass is 467 g/mol. The number of anilines is 2. The smallest absolute Gasteiger partial charge is 0.242 e. The third-order valence-corrected chi connectivity index (χ3v) is 7.69. The van der Waals surface area contributed by atoms with E-state index >= 15 is 0 Å². The highest BCUT2D eigenvalue weighted by atomic mass is 35.5. The van der Waals surface area contributed by atoms with Gasteiger partial charge in [-0.05, 0) is 37.1 Å². The molecule has 9 heteroatoms. The first-order valence-electron chi connectivity index (χ1n) is 10.3. The number of fused-ring (bicyclic) bond motifs is 1. The van der Waals surface area contributed by atoms with Gasteiger partial charge in [0.1, 0.15) is 10.8 Å². The molecule has 0 unspecified atom stereocenters. The number of hydrogen-bond donors (Lipinski definition) is 1. The van der Waals surface area contributed by atoms with Crippen LogP contribution >= 0.6 is 11.6 Å². The Morgan fingerprint density at radius 2 is 1.75 bits per heavy atom. The maximum absolute atomic E-state index is 12.4. The van der Waals surface area contributed by atoms with Crippen LogP contribution in [-0.2, 0) is 10.0 Å². The minimum atomic E-state index is -3.49. The van der Waals surface area contributed by atoms with Crippen LogP contribution < -0.4 is 5.32 Å². The highest BCUT2D eigenvalue weighted by Crippen LogP contribution is 2.44. The van der Waals surface area contributed by atoms with Crippen molar-refractivity contribution in [1.29, 1.82) is 0 Å². The normalized spacial score (nSPS) is 14.2. The minimum Gasteiger partial charge on any atom is -0.340 e. The molecule has 0 radical (unpaired) electrons. The first-order valence-corrected chi connectivity index (χ1v) is 12.1. The van der Waals surface area contributed by atoms with Gasteiger partial charge in [0.05, 0.1) is 16.3 Å². The van der Waals surface area contributed by atoms with E-state index in [1.807, 2.05) is 36.4 Å². The lowest BCUT2D eigenvalue weighted by atomic mass is 10.1. The van der Waals surface area contributed by atoms with Crippen molar-refractivity contribution in [3.63, 3.8) is 0 Å². The Kier molecular flexibility index (Phi) is 5.16. The van der Waals surface area contributed by atoms with Crippen molar-refractivity contribution >= 4 is 38.8 Å². The van der Waals surface area contributed by atoms with Crippen molar-refractivity contribution < 1.29 is 8.42 Å². The molecule has 7 nitrogen and oxygen atoms in total. The van der Waals surface area contributed by atoms with E-state index in [1.54, 1.807) is 28.8 Å². The van der Waals surface area contributed by atoms with Crippen LogP contribution in [0.4, 0.5) is 11.5 Å². The van der Waals surface area contributed by atoms with Crippen LogP contribution in [0.2, 0.25) is 5.02 Å². The predicted octanol–water partition coefficient (Wildman–Crippen LogP) is 4.92. The number of hydrogen-bond acceptors (Lipinski definition) is 5. The average Bonchev–Trinajstić information content (AvgIpc) is 3.58. The summed E-state index contributed by atoms with van der Waals surface area (Å²) in [5, 5.41) is 8.68. The summed E-state index contributed by atoms with van der Waals surface area (Å²) in [6, 6.07) is 18.4. The molecule has 1 fully saturated rings. The largest absolute Gasteiger partial charge is 0.340 e. The molecule has 1 N–H and O–H groups in total. The van der Waals surface area contributed by atoms with Crippen molar-refractivity contribution in [2.75, 3.05) is 19.4 Å². The molecule has 0 spiro atoms. The van der Waals surface area contributed by atoms with Crippen LogP contribution in [0.5, 0.6) is 0 Å². The van der Waals surface area contributed by atoms with E-state index in [-0.39, 0.29) is 4.90 Å². The number of rotatable bonds is 6. The molecule has 2 aromatic heterocycles. The SMILES string of the molecule is CN(C)S(=O)(=O)c1ccc(Nc2cc(-c3ccccc3)nc3c(Cl)c(C4CC4)nn23)cc1. The Balaban J connectivity index is 1.59. The van der Waals surface area contributed by atoms with Gasteiger partial charge in [-0.15, -0.1) is 0 Å². The number of aromatic nitrogens is 3. The summed E-state index contributed by atoms with van der Waals surface area (Å²) in [5.41, 5.74) is 3.95. The van der Waals surface area contributed by atoms with Crippen LogP contribution in [0.1, 0.15) is 24.5 Å². The molecule has 0 amide bonds. The van der Waals surface area contributed by atoms with Gasteiger partial charge in [-0.25, -0.2) is 17.7 Å². The molecule has 4 aromatic rings. The zero-order valence-corrected chi connectivity index (χ0v) is 19.2. The van der Waals surface area contributed by atoms with Crippen molar-refractivity contribution in [1.82, 2.24) is 18.9 Å². The summed E-state index contributed by atoms with van der Waals surface area (Å²) in [6.45, 7) is 0. The van der Waals surface area contributed by atoms with Gasteiger partial charge < -0.3 is 5.32 Å². The van der Waals surface area contributed by atoms with Crippen molar-refractivity contribution in [3.8, 4) is 11.3 Å². The summed E-state index contributed by atoms with van der Waals surface area (Å²) in [7, 11) is -0.462. The summed E-state index contributed by atoms with van der Waals surface area (Å²) in [5.74, 6) is 1.08. The fraction of sp³-hybridized carbons (Fsp3) is 0.217. The standard InChI is InChI=1S/C23H22ClN5O2S/c1-28(2)32(30,31)18-12-10-17(11-13-18)25-20-14-19(15-6-4-3-5-7-15)26-23-21(24)22(16-8-9-16)27-29(20)23/h3-7,10-14,16,25H,8-9H2,1-2H3. The van der Waals surface area contributed by atoms with Crippen molar-refractivity contribution in [3.05, 3.63) is 71.4 Å². The quantitative estimate of drug-likeness (QED) is 0.435. The Morgan fingerprint density at radius 3 is 2.38 bits per heavy atom. The van der Waals surface area contributed by atoms with E-state index in [4.69, 9.17) is 21.7 Å². The van der Waals surface area contributed by atoms with Gasteiger partial charge >= 0.3 is 0 Å². The highest BCUT2D eigenvalue weighted by Gasteiger charge is 2.31. The lowest BCUT2D eigenvalue weighted by Crippen LogP contribution is -2.22. The molecule has 2 aromatic carbocycles. The average molecular weight is 468 g/mol. The molecule has 5 rings (SSSR count). The number of halogens is 1. The first kappa shape index (κ1) is 20.9. The van der Waals surface area contributed by atoms with Crippen LogP contribution in [0, 0.1) is 0 Å². The topological polar surface area (TPSA) is 79.6 Å². The molecule has 0 atom stereocenters. The van der Waals surface area contributed by atoms with E-state index in [0.29, 0.717) is 22.4 Å². The molecule has 0 saturated heterocycles. The molecule has 0 aliphatic heterocycles. The van der Waals surface area contributed by atoms with Crippen LogP contribution in [0.3, 0.4) is 0 Å². The lowest BCUT2D eigenvalue weighted by Gasteiger charge is -2.13. The number of nitrogens with one attached hydrogen (secondary N) is 1. The highest BCUT2D eigenvalue weighted by molar-refractivity contribution is 7.89. The first-order chi connectivity index (χ1) is 15.3. The zero-order chi connectivity index (χ0) is 22.5. The molecule has 1 aliphatic rings. The predicted molar refractivity (Wildman–Crippen MR) is 126 cm³/mol. The van der Waals surface area contributed by atoms with Gasteiger partial charge in [0.15, 0.2) is 5.65 Å². The fourth-order valence-corrected chi connectivity index (χ4v) is 4.76. The van der Waals surface area contributed by atoms with Gasteiger partial charge in [-0.1, -0.05) is 41.9 Å². The zero-order valence-electron chi connectivity index (χ0n) is 17.7. The van der Waals surface area contributed by atoms with Gasteiger partial charge in [-0.3, -0.25) is 0 Å². The van der Waals surface area contributed by atoms with E-state index in [2.05, 4.69) is 5.32 Å². The Bertz CT molecular complexity index is 1400. The number of benzene rings is 2. The summed E-state index contributed by atoms with van der Waals surface area (Å²) in [4.78, 5) is 5.02. The van der Waals surface area contributed by atoms with Crippen LogP contribution in [0.15, 0.2) is 65.6 Å². The Hall–Kier alpha value is -2.94. The third kappa shape index (κ3) is 3.74. The molecule has 32 heavy (non-hydrogen) atoms. The van der Waals surface area contributed by atoms with E-state index in [9.17, 15) is 8.42 Å². The Labute approximate surface area is 191 Å². The maximum Gasteiger partial charge on any atom is 0.242 e. The summed E-state index contributed by atoms with van der Waals surface area (Å²) < 4.78 is 27.6. The fourth-order valence-electron chi connectivity index (χ4n) is 3.54. The van der Waals surface area contributed by atoms with Crippen LogP contribution in [-0.4, -0.2) is 41.4 Å². The van der Waals surface area contributed by atoms with Crippen molar-refractivity contribution in [2.24, 2.45) is 0 Å². The van der Waals surface area contributed by atoms with Gasteiger partial charge in [0.25, 0.3) is 0 Å². The second kappa shape index (κ2) is 7.88. The van der Waals surface area contributed by atoms with Crippen LogP contribution in [0.25, 0.3) is 16.9 Å². The van der Waals surface area contributed by atoms with E-state index < -0.39 is 10.0 Å². The second-order valence-corrected chi connectivity index (χ2v) is 10.6. The summed E-state index contributed by atoms with van der Waals surface area (Å²) in [6.07, 6.45) is 2.17. The third-order valence-electron chi connectivity index (χ3n) is 5.50. The van der Waals surface area contributed by atoms with E-state index in [0.717, 1.165) is 35.5 Å². The molecular formula is C23H22ClN5O2S. The molecule has 1 aliphatic carbocycles. The lowest BCUT2D eigenvalue weighted by molar-refractivity contribution is 0.521. The van der Waals surface area contributed by atoms with Gasteiger partial charge in [0.2, 0.25) is 10.0 Å². The number of sulfonamides is 1. The molecule has 2 heterocycles. The van der Waals surface area contributed by atoms with Crippen molar-refractivity contribution in [2.45, 2.75) is 23.7 Å². The Morgan fingerprint density at radius 1 is 1.06 bits per heavy atom.